The number of rotatable bonds is 4. The number of amides is 1. The summed E-state index contributed by atoms with van der Waals surface area (Å²) in [7, 11) is -4.04. The lowest BCUT2D eigenvalue weighted by atomic mass is 10.3. The molecule has 0 aliphatic heterocycles. The maximum Gasteiger partial charge on any atom is 0.437 e. The zero-order chi connectivity index (χ0) is 22.1. The van der Waals surface area contributed by atoms with Crippen LogP contribution < -0.4 is 15.2 Å². The Labute approximate surface area is 173 Å². The Hall–Kier alpha value is -3.09. The summed E-state index contributed by atoms with van der Waals surface area (Å²) in [5.74, 6) is -0.849. The third-order valence-electron chi connectivity index (χ3n) is 3.69. The van der Waals surface area contributed by atoms with Crippen molar-refractivity contribution in [2.75, 3.05) is 5.32 Å². The summed E-state index contributed by atoms with van der Waals surface area (Å²) in [5.41, 5.74) is -1.33. The highest BCUT2D eigenvalue weighted by atomic mass is 35.5. The number of alkyl halides is 3. The average Bonchev–Trinajstić information content (AvgIpc) is 3.05. The quantitative estimate of drug-likeness (QED) is 0.614. The number of ether oxygens (including phenoxy) is 1. The number of nitrogens with two attached hydrogens (primary N) is 1. The molecule has 1 aromatic heterocycles. The number of halogens is 4. The molecule has 2 aromatic carbocycles. The van der Waals surface area contributed by atoms with Crippen molar-refractivity contribution in [3.63, 3.8) is 0 Å². The molecule has 158 valence electrons. The van der Waals surface area contributed by atoms with Gasteiger partial charge in [-0.2, -0.15) is 18.3 Å². The fourth-order valence-corrected chi connectivity index (χ4v) is 3.13. The van der Waals surface area contributed by atoms with Gasteiger partial charge in [0, 0.05) is 10.7 Å². The Balaban J connectivity index is 1.88. The number of hydrogen-bond donors (Lipinski definition) is 2. The van der Waals surface area contributed by atoms with Gasteiger partial charge in [-0.15, -0.1) is 0 Å². The van der Waals surface area contributed by atoms with Crippen molar-refractivity contribution in [2.24, 2.45) is 5.14 Å². The van der Waals surface area contributed by atoms with Crippen LogP contribution in [-0.4, -0.2) is 24.3 Å². The van der Waals surface area contributed by atoms with Gasteiger partial charge in [0.15, 0.2) is 11.4 Å². The highest BCUT2D eigenvalue weighted by molar-refractivity contribution is 7.89. The molecule has 0 unspecified atom stereocenters. The first-order valence-corrected chi connectivity index (χ1v) is 9.90. The van der Waals surface area contributed by atoms with Crippen LogP contribution in [0.3, 0.4) is 0 Å². The van der Waals surface area contributed by atoms with Crippen molar-refractivity contribution in [3.8, 4) is 11.4 Å². The second kappa shape index (κ2) is 7.97. The van der Waals surface area contributed by atoms with Gasteiger partial charge >= 0.3 is 12.3 Å². The Morgan fingerprint density at radius 3 is 2.43 bits per heavy atom. The van der Waals surface area contributed by atoms with Gasteiger partial charge in [-0.1, -0.05) is 17.7 Å². The molecule has 0 bridgehead atoms. The van der Waals surface area contributed by atoms with E-state index in [1.807, 2.05) is 0 Å². The van der Waals surface area contributed by atoms with E-state index in [4.69, 9.17) is 21.5 Å². The van der Waals surface area contributed by atoms with Gasteiger partial charge in [-0.05, 0) is 42.5 Å². The van der Waals surface area contributed by atoms with Crippen molar-refractivity contribution in [1.82, 2.24) is 9.78 Å². The van der Waals surface area contributed by atoms with Crippen LogP contribution >= 0.6 is 11.6 Å². The first kappa shape index (κ1) is 21.6. The topological polar surface area (TPSA) is 116 Å². The summed E-state index contributed by atoms with van der Waals surface area (Å²) in [5, 5.41) is 11.1. The van der Waals surface area contributed by atoms with Crippen molar-refractivity contribution in [3.05, 3.63) is 65.4 Å². The fourth-order valence-electron chi connectivity index (χ4n) is 2.44. The summed E-state index contributed by atoms with van der Waals surface area (Å²) in [6, 6.07) is 10.2. The zero-order valence-electron chi connectivity index (χ0n) is 14.7. The van der Waals surface area contributed by atoms with Crippen LogP contribution in [0.1, 0.15) is 5.69 Å². The van der Waals surface area contributed by atoms with Crippen LogP contribution in [0.5, 0.6) is 5.75 Å². The third-order valence-corrected chi connectivity index (χ3v) is 4.85. The summed E-state index contributed by atoms with van der Waals surface area (Å²) < 4.78 is 68.8. The molecule has 0 saturated carbocycles. The molecule has 0 atom stereocenters. The average molecular weight is 461 g/mol. The Bertz CT molecular complexity index is 1190. The molecule has 1 amide bonds. The minimum Gasteiger partial charge on any atom is -0.406 e. The molecule has 0 radical (unpaired) electrons. The number of nitrogens with one attached hydrogen (secondary N) is 1. The van der Waals surface area contributed by atoms with Gasteiger partial charge in [-0.3, -0.25) is 5.32 Å². The standard InChI is InChI=1S/C17H12ClF3N4O4S/c18-10-4-6-12(7-5-10)25-15(17(19,20)21)14(9-23-25)29-16(26)24-11-2-1-3-13(8-11)30(22,27)28/h1-9H,(H,24,26)(H2,22,27,28). The SMILES string of the molecule is NS(=O)(=O)c1cccc(NC(=O)Oc2cnn(-c3ccc(Cl)cc3)c2C(F)(F)F)c1. The van der Waals surface area contributed by atoms with E-state index in [9.17, 15) is 26.4 Å². The Kier molecular flexibility index (Phi) is 5.74. The summed E-state index contributed by atoms with van der Waals surface area (Å²) in [6.07, 6.45) is -5.46. The van der Waals surface area contributed by atoms with Crippen LogP contribution in [0.4, 0.5) is 23.7 Å². The number of carbonyl (C=O) groups excluding carboxylic acids is 1. The number of aromatic nitrogens is 2. The van der Waals surface area contributed by atoms with Crippen molar-refractivity contribution >= 4 is 33.4 Å². The monoisotopic (exact) mass is 460 g/mol. The van der Waals surface area contributed by atoms with E-state index in [2.05, 4.69) is 10.4 Å². The van der Waals surface area contributed by atoms with E-state index in [0.717, 1.165) is 12.3 Å². The first-order chi connectivity index (χ1) is 13.9. The van der Waals surface area contributed by atoms with Gasteiger partial charge in [0.1, 0.15) is 0 Å². The van der Waals surface area contributed by atoms with Gasteiger partial charge in [0.25, 0.3) is 0 Å². The Morgan fingerprint density at radius 2 is 1.83 bits per heavy atom. The van der Waals surface area contributed by atoms with Gasteiger partial charge in [-0.25, -0.2) is 23.0 Å². The molecule has 3 N–H and O–H groups in total. The van der Waals surface area contributed by atoms with Crippen molar-refractivity contribution in [2.45, 2.75) is 11.1 Å². The van der Waals surface area contributed by atoms with E-state index >= 15 is 0 Å². The number of anilines is 1. The molecule has 1 heterocycles. The van der Waals surface area contributed by atoms with Crippen LogP contribution in [0.2, 0.25) is 5.02 Å². The molecule has 3 aromatic rings. The number of benzene rings is 2. The lowest BCUT2D eigenvalue weighted by Gasteiger charge is -2.13. The molecule has 30 heavy (non-hydrogen) atoms. The predicted octanol–water partition coefficient (Wildman–Crippen LogP) is 3.80. The largest absolute Gasteiger partial charge is 0.437 e. The molecular formula is C17H12ClF3N4O4S. The number of hydrogen-bond acceptors (Lipinski definition) is 5. The normalized spacial score (nSPS) is 11.9. The van der Waals surface area contributed by atoms with Crippen molar-refractivity contribution < 1.29 is 31.1 Å². The fraction of sp³-hybridized carbons (Fsp3) is 0.0588. The molecule has 8 nitrogen and oxygen atoms in total. The van der Waals surface area contributed by atoms with E-state index in [1.54, 1.807) is 0 Å². The van der Waals surface area contributed by atoms with Crippen LogP contribution in [0.15, 0.2) is 59.6 Å². The van der Waals surface area contributed by atoms with Gasteiger partial charge < -0.3 is 4.74 Å². The molecule has 0 saturated heterocycles. The lowest BCUT2D eigenvalue weighted by Crippen LogP contribution is -2.20. The lowest BCUT2D eigenvalue weighted by molar-refractivity contribution is -0.143. The molecule has 0 aliphatic rings. The molecule has 0 aliphatic carbocycles. The summed E-state index contributed by atoms with van der Waals surface area (Å²) in [6.45, 7) is 0. The minimum atomic E-state index is -4.90. The maximum atomic E-state index is 13.6. The van der Waals surface area contributed by atoms with E-state index < -0.39 is 33.7 Å². The molecule has 13 heteroatoms. The number of nitrogens with zero attached hydrogens (tertiary/aromatic N) is 2. The third kappa shape index (κ3) is 4.90. The van der Waals surface area contributed by atoms with Crippen LogP contribution in [-0.2, 0) is 16.2 Å². The van der Waals surface area contributed by atoms with Gasteiger partial charge in [0.05, 0.1) is 16.8 Å². The van der Waals surface area contributed by atoms with Gasteiger partial charge in [0.2, 0.25) is 10.0 Å². The van der Waals surface area contributed by atoms with E-state index in [1.165, 1.54) is 42.5 Å². The van der Waals surface area contributed by atoms with Crippen LogP contribution in [0, 0.1) is 0 Å². The Morgan fingerprint density at radius 1 is 1.17 bits per heavy atom. The maximum absolute atomic E-state index is 13.6. The van der Waals surface area contributed by atoms with E-state index in [0.29, 0.717) is 9.70 Å². The smallest absolute Gasteiger partial charge is 0.406 e. The molecule has 0 fully saturated rings. The predicted molar refractivity (Wildman–Crippen MR) is 101 cm³/mol. The highest BCUT2D eigenvalue weighted by Crippen LogP contribution is 2.37. The second-order valence-corrected chi connectivity index (χ2v) is 7.83. The second-order valence-electron chi connectivity index (χ2n) is 5.83. The highest BCUT2D eigenvalue weighted by Gasteiger charge is 2.40. The molecule has 0 spiro atoms. The first-order valence-electron chi connectivity index (χ1n) is 7.98. The van der Waals surface area contributed by atoms with E-state index in [-0.39, 0.29) is 16.3 Å². The summed E-state index contributed by atoms with van der Waals surface area (Å²) >= 11 is 5.74. The summed E-state index contributed by atoms with van der Waals surface area (Å²) in [4.78, 5) is 11.8. The minimum absolute atomic E-state index is 0.0443. The number of sulfonamides is 1. The number of carbonyl (C=O) groups is 1. The molecular weight excluding hydrogens is 449 g/mol. The van der Waals surface area contributed by atoms with Crippen LogP contribution in [0.25, 0.3) is 5.69 Å². The van der Waals surface area contributed by atoms with Crippen molar-refractivity contribution in [1.29, 1.82) is 0 Å². The molecule has 3 rings (SSSR count). The zero-order valence-corrected chi connectivity index (χ0v) is 16.3. The number of primary sulfonamides is 1.